The first-order valence-corrected chi connectivity index (χ1v) is 22.3. The fraction of sp³-hybridized carbons (Fsp3) is 0.107. The molecule has 282 valence electrons. The lowest BCUT2D eigenvalue weighted by atomic mass is 9.36. The minimum absolute atomic E-state index is 0.119. The molecule has 0 atom stereocenters. The molecule has 0 saturated carbocycles. The second-order valence-corrected chi connectivity index (χ2v) is 19.4. The maximum Gasteiger partial charge on any atom is 0.247 e. The fourth-order valence-electron chi connectivity index (χ4n) is 9.82. The third-order valence-corrected chi connectivity index (χ3v) is 15.5. The zero-order valence-corrected chi connectivity index (χ0v) is 35.4. The molecule has 0 aromatic heterocycles. The monoisotopic (exact) mass is 790 g/mol. The highest BCUT2D eigenvalue weighted by Gasteiger charge is 2.40. The zero-order valence-electron chi connectivity index (χ0n) is 33.8. The Morgan fingerprint density at radius 1 is 0.339 bits per heavy atom. The fourth-order valence-corrected chi connectivity index (χ4v) is 12.3. The van der Waals surface area contributed by atoms with Gasteiger partial charge in [0.25, 0.3) is 0 Å². The molecule has 11 rings (SSSR count). The van der Waals surface area contributed by atoms with Crippen LogP contribution in [-0.4, -0.2) is 6.71 Å². The van der Waals surface area contributed by atoms with Crippen LogP contribution < -0.4 is 16.4 Å². The first-order chi connectivity index (χ1) is 28.8. The van der Waals surface area contributed by atoms with E-state index in [4.69, 9.17) is 0 Å². The topological polar surface area (TPSA) is 0 Å². The average Bonchev–Trinajstić information content (AvgIpc) is 3.28. The molecule has 0 aliphatic carbocycles. The molecule has 0 spiro atoms. The molecule has 0 fully saturated rings. The Balaban J connectivity index is 1.14. The minimum Gasteiger partial charge on any atom is -0.0911 e. The highest BCUT2D eigenvalue weighted by molar-refractivity contribution is 8.01. The minimum atomic E-state index is -0.147. The van der Waals surface area contributed by atoms with Crippen molar-refractivity contribution in [3.8, 4) is 22.3 Å². The van der Waals surface area contributed by atoms with Gasteiger partial charge in [-0.25, -0.2) is 0 Å². The SMILES string of the molecule is CC(C)(c1ccccc1)c1ccc2c(c1)B1c3cc(C(C)(C)c4ccccc4)ccc3Sc3cc(-c4c5ccccc5c(-c5ccccc5)c5ccccc45)cc(c31)S2. The van der Waals surface area contributed by atoms with Crippen LogP contribution in [0.1, 0.15) is 49.9 Å². The average molecular weight is 791 g/mol. The van der Waals surface area contributed by atoms with Crippen molar-refractivity contribution in [3.05, 3.63) is 210 Å². The normalized spacial score (nSPS) is 13.3. The smallest absolute Gasteiger partial charge is 0.0911 e. The van der Waals surface area contributed by atoms with Gasteiger partial charge in [0.15, 0.2) is 0 Å². The van der Waals surface area contributed by atoms with E-state index < -0.39 is 0 Å². The lowest BCUT2D eigenvalue weighted by Crippen LogP contribution is -2.58. The van der Waals surface area contributed by atoms with Crippen LogP contribution in [0.25, 0.3) is 43.8 Å². The van der Waals surface area contributed by atoms with Gasteiger partial charge in [-0.3, -0.25) is 0 Å². The van der Waals surface area contributed by atoms with Crippen molar-refractivity contribution in [2.24, 2.45) is 0 Å². The van der Waals surface area contributed by atoms with Crippen LogP contribution >= 0.6 is 23.5 Å². The van der Waals surface area contributed by atoms with E-state index in [0.717, 1.165) is 0 Å². The summed E-state index contributed by atoms with van der Waals surface area (Å²) in [6.07, 6.45) is 0. The van der Waals surface area contributed by atoms with E-state index >= 15 is 0 Å². The van der Waals surface area contributed by atoms with E-state index in [2.05, 4.69) is 216 Å². The molecular formula is C56H43BS2. The van der Waals surface area contributed by atoms with Crippen molar-refractivity contribution < 1.29 is 0 Å². The maximum absolute atomic E-state index is 2.54. The number of hydrogen-bond donors (Lipinski definition) is 0. The van der Waals surface area contributed by atoms with Crippen LogP contribution in [0.2, 0.25) is 0 Å². The second kappa shape index (κ2) is 13.9. The summed E-state index contributed by atoms with van der Waals surface area (Å²) in [4.78, 5) is 5.41. The molecule has 3 heteroatoms. The summed E-state index contributed by atoms with van der Waals surface area (Å²) in [6.45, 7) is 9.60. The standard InChI is InChI=1S/C56H43BS2/c1-55(2,38-20-10-6-11-21-38)40-28-30-48-46(34-40)57-47-35-41(56(3,4)39-22-12-7-13-23-39)29-31-49(47)59-51-33-37(32-50(58-48)54(51)57)53-44-26-16-14-24-42(44)52(36-18-8-5-9-19-36)43-25-15-17-27-45(43)53/h5-35H,1-4H3. The van der Waals surface area contributed by atoms with Crippen molar-refractivity contribution in [2.75, 3.05) is 0 Å². The van der Waals surface area contributed by atoms with Gasteiger partial charge in [0.1, 0.15) is 0 Å². The van der Waals surface area contributed by atoms with Crippen molar-refractivity contribution in [1.29, 1.82) is 0 Å². The number of benzene rings is 9. The Morgan fingerprint density at radius 3 is 1.14 bits per heavy atom. The third-order valence-electron chi connectivity index (χ3n) is 13.2. The molecule has 2 aliphatic rings. The van der Waals surface area contributed by atoms with Crippen molar-refractivity contribution in [3.63, 3.8) is 0 Å². The summed E-state index contributed by atoms with van der Waals surface area (Å²) in [5, 5.41) is 5.15. The molecule has 0 N–H and O–H groups in total. The third kappa shape index (κ3) is 5.85. The molecule has 9 aromatic carbocycles. The Bertz CT molecular complexity index is 2910. The van der Waals surface area contributed by atoms with Gasteiger partial charge in [-0.05, 0) is 95.8 Å². The maximum atomic E-state index is 2.54. The lowest BCUT2D eigenvalue weighted by Gasteiger charge is -2.36. The number of hydrogen-bond acceptors (Lipinski definition) is 2. The van der Waals surface area contributed by atoms with Gasteiger partial charge in [-0.15, -0.1) is 0 Å². The molecule has 2 aliphatic heterocycles. The molecular weight excluding hydrogens is 748 g/mol. The molecule has 0 amide bonds. The predicted molar refractivity (Wildman–Crippen MR) is 255 cm³/mol. The van der Waals surface area contributed by atoms with Gasteiger partial charge in [-0.1, -0.05) is 226 Å². The number of rotatable bonds is 6. The Labute approximate surface area is 356 Å². The quantitative estimate of drug-likeness (QED) is 0.122. The van der Waals surface area contributed by atoms with Gasteiger partial charge in [-0.2, -0.15) is 0 Å². The van der Waals surface area contributed by atoms with Crippen molar-refractivity contribution in [1.82, 2.24) is 0 Å². The van der Waals surface area contributed by atoms with E-state index in [0.29, 0.717) is 0 Å². The lowest BCUT2D eigenvalue weighted by molar-refractivity contribution is 0.640. The van der Waals surface area contributed by atoms with Gasteiger partial charge in [0.05, 0.1) is 0 Å². The molecule has 2 heterocycles. The van der Waals surface area contributed by atoms with E-state index in [-0.39, 0.29) is 17.5 Å². The van der Waals surface area contributed by atoms with Gasteiger partial charge in [0.2, 0.25) is 6.71 Å². The number of fused-ring (bicyclic) bond motifs is 6. The van der Waals surface area contributed by atoms with Crippen LogP contribution in [0.5, 0.6) is 0 Å². The first kappa shape index (κ1) is 36.4. The summed E-state index contributed by atoms with van der Waals surface area (Å²) in [7, 11) is 0. The van der Waals surface area contributed by atoms with E-state index in [1.807, 2.05) is 23.5 Å². The van der Waals surface area contributed by atoms with Crippen LogP contribution in [-0.2, 0) is 10.8 Å². The highest BCUT2D eigenvalue weighted by Crippen LogP contribution is 2.48. The van der Waals surface area contributed by atoms with Gasteiger partial charge < -0.3 is 0 Å². The second-order valence-electron chi connectivity index (χ2n) is 17.2. The molecule has 9 aromatic rings. The summed E-state index contributed by atoms with van der Waals surface area (Å²) in [6, 6.07) is 70.6. The molecule has 0 unspecified atom stereocenters. The predicted octanol–water partition coefficient (Wildman–Crippen LogP) is 13.4. The largest absolute Gasteiger partial charge is 0.247 e. The molecule has 0 nitrogen and oxygen atoms in total. The van der Waals surface area contributed by atoms with Crippen LogP contribution in [0, 0.1) is 0 Å². The molecule has 0 saturated heterocycles. The molecule has 0 radical (unpaired) electrons. The Hall–Kier alpha value is -5.74. The summed E-state index contributed by atoms with van der Waals surface area (Å²) in [5.74, 6) is 0. The van der Waals surface area contributed by atoms with E-state index in [1.165, 1.54) is 102 Å². The Morgan fingerprint density at radius 2 is 0.712 bits per heavy atom. The van der Waals surface area contributed by atoms with Crippen molar-refractivity contribution in [2.45, 2.75) is 58.1 Å². The van der Waals surface area contributed by atoms with Gasteiger partial charge >= 0.3 is 0 Å². The molecule has 0 bridgehead atoms. The van der Waals surface area contributed by atoms with Crippen LogP contribution in [0.3, 0.4) is 0 Å². The van der Waals surface area contributed by atoms with E-state index in [1.54, 1.807) is 0 Å². The summed E-state index contributed by atoms with van der Waals surface area (Å²) >= 11 is 3.90. The van der Waals surface area contributed by atoms with Crippen LogP contribution in [0.4, 0.5) is 0 Å². The van der Waals surface area contributed by atoms with Crippen LogP contribution in [0.15, 0.2) is 208 Å². The zero-order chi connectivity index (χ0) is 39.9. The van der Waals surface area contributed by atoms with Crippen molar-refractivity contribution >= 4 is 68.2 Å². The summed E-state index contributed by atoms with van der Waals surface area (Å²) < 4.78 is 0. The summed E-state index contributed by atoms with van der Waals surface area (Å²) in [5.41, 5.74) is 14.5. The highest BCUT2D eigenvalue weighted by atomic mass is 32.2. The molecule has 59 heavy (non-hydrogen) atoms. The first-order valence-electron chi connectivity index (χ1n) is 20.7. The Kier molecular flexibility index (Phi) is 8.59. The van der Waals surface area contributed by atoms with E-state index in [9.17, 15) is 0 Å². The van der Waals surface area contributed by atoms with Gasteiger partial charge in [0, 0.05) is 30.4 Å².